The molecule has 4 N–H and O–H groups in total. The van der Waals surface area contributed by atoms with Crippen LogP contribution in [-0.2, 0) is 4.79 Å². The van der Waals surface area contributed by atoms with Gasteiger partial charge in [0.1, 0.15) is 5.54 Å². The fourth-order valence-corrected chi connectivity index (χ4v) is 2.95. The van der Waals surface area contributed by atoms with Crippen LogP contribution in [0.1, 0.15) is 60.2 Å². The lowest BCUT2D eigenvalue weighted by atomic mass is 9.84. The molecule has 0 aromatic heterocycles. The fraction of sp³-hybridized carbons (Fsp3) is 0.929. The summed E-state index contributed by atoms with van der Waals surface area (Å²) in [5, 5.41) is 6.84. The molecule has 4 heteroatoms. The van der Waals surface area contributed by atoms with Gasteiger partial charge in [0.25, 0.3) is 0 Å². The molecule has 0 aromatic carbocycles. The standard InChI is InChI=1S/C12H23N3O.C2H6.H2/c13-11(16)12(6-8-14-9-7-12)15-10-4-2-1-3-5-10;1-2;/h10,14-15H,1-9H2,(H2,13,16);1-2H3;1H. The van der Waals surface area contributed by atoms with Crippen LogP contribution in [0.15, 0.2) is 0 Å². The first kappa shape index (κ1) is 15.4. The summed E-state index contributed by atoms with van der Waals surface area (Å²) >= 11 is 0. The Hall–Kier alpha value is -0.610. The van der Waals surface area contributed by atoms with Crippen molar-refractivity contribution in [3.05, 3.63) is 0 Å². The van der Waals surface area contributed by atoms with E-state index >= 15 is 0 Å². The van der Waals surface area contributed by atoms with E-state index in [9.17, 15) is 4.79 Å². The minimum atomic E-state index is -0.437. The maximum atomic E-state index is 11.7. The van der Waals surface area contributed by atoms with E-state index in [0.29, 0.717) is 6.04 Å². The first-order valence-corrected chi connectivity index (χ1v) is 7.51. The number of rotatable bonds is 3. The smallest absolute Gasteiger partial charge is 0.237 e. The molecule has 1 amide bonds. The van der Waals surface area contributed by atoms with Crippen LogP contribution in [0.5, 0.6) is 0 Å². The van der Waals surface area contributed by atoms with Gasteiger partial charge in [0, 0.05) is 7.47 Å². The minimum Gasteiger partial charge on any atom is -0.368 e. The van der Waals surface area contributed by atoms with Crippen LogP contribution in [0, 0.1) is 0 Å². The van der Waals surface area contributed by atoms with Gasteiger partial charge in [0.2, 0.25) is 5.91 Å². The van der Waals surface area contributed by atoms with E-state index in [1.165, 1.54) is 32.1 Å². The van der Waals surface area contributed by atoms with Crippen LogP contribution in [0.25, 0.3) is 0 Å². The summed E-state index contributed by atoms with van der Waals surface area (Å²) in [5.74, 6) is -0.167. The van der Waals surface area contributed by atoms with E-state index in [0.717, 1.165) is 25.9 Å². The largest absolute Gasteiger partial charge is 0.368 e. The predicted molar refractivity (Wildman–Crippen MR) is 77.5 cm³/mol. The second-order valence-electron chi connectivity index (χ2n) is 5.18. The molecule has 2 rings (SSSR count). The van der Waals surface area contributed by atoms with Crippen LogP contribution in [-0.4, -0.2) is 30.6 Å². The summed E-state index contributed by atoms with van der Waals surface area (Å²) in [6.45, 7) is 5.78. The van der Waals surface area contributed by atoms with Crippen LogP contribution < -0.4 is 16.4 Å². The van der Waals surface area contributed by atoms with Gasteiger partial charge in [-0.3, -0.25) is 4.79 Å². The highest BCUT2D eigenvalue weighted by Gasteiger charge is 2.39. The van der Waals surface area contributed by atoms with Crippen molar-refractivity contribution in [3.63, 3.8) is 0 Å². The van der Waals surface area contributed by atoms with E-state index in [-0.39, 0.29) is 7.33 Å². The number of nitrogens with two attached hydrogens (primary N) is 1. The molecule has 0 bridgehead atoms. The first-order valence-electron chi connectivity index (χ1n) is 7.51. The van der Waals surface area contributed by atoms with Gasteiger partial charge in [0.05, 0.1) is 0 Å². The summed E-state index contributed by atoms with van der Waals surface area (Å²) in [6.07, 6.45) is 7.96. The molecule has 2 aliphatic rings. The summed E-state index contributed by atoms with van der Waals surface area (Å²) in [6, 6.07) is 0.499. The van der Waals surface area contributed by atoms with Crippen LogP contribution in [0.2, 0.25) is 0 Å². The number of piperidine rings is 1. The van der Waals surface area contributed by atoms with Crippen molar-refractivity contribution in [2.24, 2.45) is 5.73 Å². The number of amides is 1. The molecule has 1 saturated heterocycles. The molecule has 0 spiro atoms. The second kappa shape index (κ2) is 7.74. The number of hydrogen-bond donors (Lipinski definition) is 3. The van der Waals surface area contributed by atoms with Crippen LogP contribution in [0.3, 0.4) is 0 Å². The molecule has 1 aliphatic carbocycles. The molecule has 108 valence electrons. The molecule has 4 nitrogen and oxygen atoms in total. The van der Waals surface area contributed by atoms with E-state index < -0.39 is 5.54 Å². The second-order valence-corrected chi connectivity index (χ2v) is 5.18. The van der Waals surface area contributed by atoms with Gasteiger partial charge in [-0.25, -0.2) is 0 Å². The van der Waals surface area contributed by atoms with Gasteiger partial charge >= 0.3 is 0 Å². The lowest BCUT2D eigenvalue weighted by Gasteiger charge is -2.39. The molecule has 1 heterocycles. The van der Waals surface area contributed by atoms with Crippen LogP contribution in [0.4, 0.5) is 0 Å². The Kier molecular flexibility index (Phi) is 6.65. The highest BCUT2D eigenvalue weighted by atomic mass is 16.1. The molecule has 18 heavy (non-hydrogen) atoms. The minimum absolute atomic E-state index is 0. The molecular weight excluding hydrogens is 226 g/mol. The topological polar surface area (TPSA) is 67.2 Å². The average Bonchev–Trinajstić information content (AvgIpc) is 2.43. The van der Waals surface area contributed by atoms with Gasteiger partial charge < -0.3 is 16.4 Å². The summed E-state index contributed by atoms with van der Waals surface area (Å²) in [5.41, 5.74) is 5.15. The lowest BCUT2D eigenvalue weighted by molar-refractivity contribution is -0.126. The van der Waals surface area contributed by atoms with Crippen molar-refractivity contribution < 1.29 is 6.22 Å². The number of carbonyl (C=O) groups excluding carboxylic acids is 1. The fourth-order valence-electron chi connectivity index (χ4n) is 2.95. The summed E-state index contributed by atoms with van der Waals surface area (Å²) in [4.78, 5) is 11.7. The van der Waals surface area contributed by atoms with E-state index in [1.807, 2.05) is 13.8 Å². The Morgan fingerprint density at radius 1 is 1.22 bits per heavy atom. The zero-order chi connectivity index (χ0) is 13.4. The quantitative estimate of drug-likeness (QED) is 0.722. The Balaban J connectivity index is 0.00000103. The molecule has 0 atom stereocenters. The average molecular weight is 257 g/mol. The zero-order valence-corrected chi connectivity index (χ0v) is 11.9. The van der Waals surface area contributed by atoms with E-state index in [1.54, 1.807) is 0 Å². The van der Waals surface area contributed by atoms with Gasteiger partial charge in [-0.1, -0.05) is 33.1 Å². The zero-order valence-electron chi connectivity index (χ0n) is 11.9. The van der Waals surface area contributed by atoms with Crippen molar-refractivity contribution in [1.29, 1.82) is 0 Å². The van der Waals surface area contributed by atoms with Crippen LogP contribution >= 0.6 is 0 Å². The Labute approximate surface area is 113 Å². The van der Waals surface area contributed by atoms with Crippen molar-refractivity contribution >= 4 is 5.91 Å². The third kappa shape index (κ3) is 3.95. The molecule has 1 aliphatic heterocycles. The number of carbonyl (C=O) groups is 1. The highest BCUT2D eigenvalue weighted by molar-refractivity contribution is 5.84. The predicted octanol–water partition coefficient (Wildman–Crippen LogP) is 1.79. The first-order chi connectivity index (χ1) is 8.73. The maximum absolute atomic E-state index is 11.7. The number of primary amides is 1. The molecule has 2 fully saturated rings. The molecule has 0 aromatic rings. The van der Waals surface area contributed by atoms with Gasteiger partial charge in [0.15, 0.2) is 0 Å². The number of nitrogens with one attached hydrogen (secondary N) is 2. The molecule has 1 saturated carbocycles. The maximum Gasteiger partial charge on any atom is 0.237 e. The van der Waals surface area contributed by atoms with Crippen molar-refractivity contribution in [2.45, 2.75) is 70.4 Å². The third-order valence-electron chi connectivity index (χ3n) is 4.01. The molecule has 0 radical (unpaired) electrons. The summed E-state index contributed by atoms with van der Waals surface area (Å²) < 4.78 is 0. The van der Waals surface area contributed by atoms with Crippen molar-refractivity contribution in [3.8, 4) is 0 Å². The Morgan fingerprint density at radius 2 is 1.78 bits per heavy atom. The van der Waals surface area contributed by atoms with E-state index in [4.69, 9.17) is 5.73 Å². The van der Waals surface area contributed by atoms with E-state index in [2.05, 4.69) is 10.6 Å². The number of hydrogen-bond acceptors (Lipinski definition) is 3. The van der Waals surface area contributed by atoms with Crippen molar-refractivity contribution in [1.82, 2.24) is 10.6 Å². The SMILES string of the molecule is CC.NC(=O)C1(NC2CCCCC2)CCNCC1.[HH]. The monoisotopic (exact) mass is 257 g/mol. The lowest BCUT2D eigenvalue weighted by Crippen LogP contribution is -2.63. The van der Waals surface area contributed by atoms with Crippen molar-refractivity contribution in [2.75, 3.05) is 13.1 Å². The van der Waals surface area contributed by atoms with Gasteiger partial charge in [-0.15, -0.1) is 0 Å². The highest BCUT2D eigenvalue weighted by Crippen LogP contribution is 2.24. The third-order valence-corrected chi connectivity index (χ3v) is 4.01. The Bertz CT molecular complexity index is 249. The van der Waals surface area contributed by atoms with Gasteiger partial charge in [-0.05, 0) is 38.8 Å². The Morgan fingerprint density at radius 3 is 2.28 bits per heavy atom. The molecular formula is C14H31N3O. The molecule has 0 unspecified atom stereocenters. The van der Waals surface area contributed by atoms with Gasteiger partial charge in [-0.2, -0.15) is 0 Å². The summed E-state index contributed by atoms with van der Waals surface area (Å²) in [7, 11) is 0. The normalized spacial score (nSPS) is 23.9.